The van der Waals surface area contributed by atoms with E-state index in [1.165, 1.54) is 5.56 Å². The number of halogens is 1. The van der Waals surface area contributed by atoms with Crippen LogP contribution in [0.25, 0.3) is 5.69 Å². The van der Waals surface area contributed by atoms with Gasteiger partial charge in [-0.1, -0.05) is 41.9 Å². The minimum atomic E-state index is 0.0667. The van der Waals surface area contributed by atoms with Crippen molar-refractivity contribution in [1.29, 1.82) is 0 Å². The smallest absolute Gasteiger partial charge is 0.228 e. The van der Waals surface area contributed by atoms with Crippen LogP contribution in [0.4, 0.5) is 5.69 Å². The van der Waals surface area contributed by atoms with Gasteiger partial charge in [0, 0.05) is 17.8 Å². The second-order valence-electron chi connectivity index (χ2n) is 6.00. The molecule has 120 valence electrons. The Labute approximate surface area is 145 Å². The first-order chi connectivity index (χ1) is 11.7. The quantitative estimate of drug-likeness (QED) is 0.773. The van der Waals surface area contributed by atoms with E-state index in [0.717, 1.165) is 17.8 Å². The number of nitrogens with zero attached hydrogens (tertiary/aromatic N) is 2. The molecule has 0 bridgehead atoms. The minimum absolute atomic E-state index is 0.0667. The first kappa shape index (κ1) is 15.0. The lowest BCUT2D eigenvalue weighted by Crippen LogP contribution is -2.14. The molecule has 0 spiro atoms. The van der Waals surface area contributed by atoms with Crippen molar-refractivity contribution < 1.29 is 4.79 Å². The van der Waals surface area contributed by atoms with Gasteiger partial charge in [-0.3, -0.25) is 4.79 Å². The Balaban J connectivity index is 1.40. The first-order valence-corrected chi connectivity index (χ1v) is 8.25. The largest absolute Gasteiger partial charge is 0.326 e. The predicted molar refractivity (Wildman–Crippen MR) is 94.5 cm³/mol. The van der Waals surface area contributed by atoms with Crippen LogP contribution in [0.5, 0.6) is 0 Å². The molecule has 1 N–H and O–H groups in total. The van der Waals surface area contributed by atoms with Crippen LogP contribution in [0.15, 0.2) is 67.0 Å². The van der Waals surface area contributed by atoms with Crippen molar-refractivity contribution >= 4 is 23.2 Å². The van der Waals surface area contributed by atoms with Gasteiger partial charge in [0.2, 0.25) is 5.91 Å². The number of carbonyl (C=O) groups excluding carboxylic acids is 1. The molecule has 2 unspecified atom stereocenters. The molecule has 1 saturated carbocycles. The van der Waals surface area contributed by atoms with Crippen molar-refractivity contribution in [2.45, 2.75) is 12.3 Å². The van der Waals surface area contributed by atoms with E-state index in [9.17, 15) is 4.79 Å². The van der Waals surface area contributed by atoms with Gasteiger partial charge in [0.05, 0.1) is 16.9 Å². The van der Waals surface area contributed by atoms with Gasteiger partial charge in [0.25, 0.3) is 0 Å². The molecule has 3 aromatic rings. The van der Waals surface area contributed by atoms with Gasteiger partial charge in [-0.2, -0.15) is 5.10 Å². The molecular formula is C19H16ClN3O. The van der Waals surface area contributed by atoms with E-state index < -0.39 is 0 Å². The highest BCUT2D eigenvalue weighted by molar-refractivity contribution is 6.30. The minimum Gasteiger partial charge on any atom is -0.326 e. The molecule has 0 aliphatic heterocycles. The van der Waals surface area contributed by atoms with E-state index in [1.54, 1.807) is 17.1 Å². The van der Waals surface area contributed by atoms with Gasteiger partial charge in [0.1, 0.15) is 0 Å². The number of amides is 1. The number of rotatable bonds is 4. The maximum Gasteiger partial charge on any atom is 0.228 e. The van der Waals surface area contributed by atoms with Crippen molar-refractivity contribution in [2.24, 2.45) is 5.92 Å². The van der Waals surface area contributed by atoms with E-state index in [0.29, 0.717) is 10.9 Å². The zero-order chi connectivity index (χ0) is 16.5. The molecule has 4 nitrogen and oxygen atoms in total. The van der Waals surface area contributed by atoms with Crippen molar-refractivity contribution in [3.8, 4) is 5.69 Å². The number of carbonyl (C=O) groups is 1. The molecule has 1 amide bonds. The topological polar surface area (TPSA) is 46.9 Å². The van der Waals surface area contributed by atoms with Crippen LogP contribution < -0.4 is 5.32 Å². The molecule has 1 fully saturated rings. The molecule has 0 radical (unpaired) electrons. The molecule has 0 saturated heterocycles. The van der Waals surface area contributed by atoms with Crippen LogP contribution in [-0.2, 0) is 4.79 Å². The number of nitrogens with one attached hydrogen (secondary N) is 1. The Kier molecular flexibility index (Phi) is 3.82. The molecule has 1 aliphatic carbocycles. The number of hydrogen-bond acceptors (Lipinski definition) is 2. The summed E-state index contributed by atoms with van der Waals surface area (Å²) in [6, 6.07) is 17.8. The lowest BCUT2D eigenvalue weighted by Gasteiger charge is -2.07. The Hall–Kier alpha value is -2.59. The average Bonchev–Trinajstić information content (AvgIpc) is 3.31. The lowest BCUT2D eigenvalue weighted by atomic mass is 10.1. The standard InChI is InChI=1S/C19H16ClN3O/c20-14-11-21-23(12-14)16-8-6-15(7-9-16)22-19(24)18-10-17(18)13-4-2-1-3-5-13/h1-9,11-12,17-18H,10H2,(H,22,24). The van der Waals surface area contributed by atoms with Crippen LogP contribution in [0.3, 0.4) is 0 Å². The van der Waals surface area contributed by atoms with Crippen molar-refractivity contribution in [3.63, 3.8) is 0 Å². The highest BCUT2D eigenvalue weighted by atomic mass is 35.5. The number of aromatic nitrogens is 2. The summed E-state index contributed by atoms with van der Waals surface area (Å²) in [5.41, 5.74) is 2.93. The fraction of sp³-hybridized carbons (Fsp3) is 0.158. The highest BCUT2D eigenvalue weighted by Gasteiger charge is 2.43. The van der Waals surface area contributed by atoms with Gasteiger partial charge < -0.3 is 5.32 Å². The number of benzene rings is 2. The average molecular weight is 338 g/mol. The predicted octanol–water partition coefficient (Wildman–Crippen LogP) is 4.27. The van der Waals surface area contributed by atoms with Crippen molar-refractivity contribution in [3.05, 3.63) is 77.6 Å². The summed E-state index contributed by atoms with van der Waals surface area (Å²) in [5, 5.41) is 7.74. The zero-order valence-electron chi connectivity index (χ0n) is 12.9. The SMILES string of the molecule is O=C(Nc1ccc(-n2cc(Cl)cn2)cc1)C1CC1c1ccccc1. The summed E-state index contributed by atoms with van der Waals surface area (Å²) in [7, 11) is 0. The Morgan fingerprint density at radius 3 is 2.54 bits per heavy atom. The molecule has 4 rings (SSSR count). The number of hydrogen-bond donors (Lipinski definition) is 1. The summed E-state index contributed by atoms with van der Waals surface area (Å²) in [5.74, 6) is 0.493. The van der Waals surface area contributed by atoms with Crippen LogP contribution in [-0.4, -0.2) is 15.7 Å². The van der Waals surface area contributed by atoms with Gasteiger partial charge in [-0.15, -0.1) is 0 Å². The molecule has 1 heterocycles. The molecule has 1 aromatic heterocycles. The summed E-state index contributed by atoms with van der Waals surface area (Å²) < 4.78 is 1.69. The van der Waals surface area contributed by atoms with Gasteiger partial charge >= 0.3 is 0 Å². The third-order valence-electron chi connectivity index (χ3n) is 4.31. The molecule has 1 aliphatic rings. The van der Waals surface area contributed by atoms with E-state index in [-0.39, 0.29) is 11.8 Å². The van der Waals surface area contributed by atoms with Crippen LogP contribution >= 0.6 is 11.6 Å². The lowest BCUT2D eigenvalue weighted by molar-refractivity contribution is -0.117. The van der Waals surface area contributed by atoms with Crippen LogP contribution in [0.2, 0.25) is 5.02 Å². The Bertz CT molecular complexity index is 858. The second-order valence-corrected chi connectivity index (χ2v) is 6.44. The number of anilines is 1. The second kappa shape index (κ2) is 6.13. The van der Waals surface area contributed by atoms with E-state index in [2.05, 4.69) is 22.5 Å². The van der Waals surface area contributed by atoms with Crippen LogP contribution in [0, 0.1) is 5.92 Å². The van der Waals surface area contributed by atoms with Gasteiger partial charge in [0.15, 0.2) is 0 Å². The summed E-state index contributed by atoms with van der Waals surface area (Å²) in [6.45, 7) is 0. The Morgan fingerprint density at radius 1 is 1.12 bits per heavy atom. The van der Waals surface area contributed by atoms with Crippen molar-refractivity contribution in [2.75, 3.05) is 5.32 Å². The van der Waals surface area contributed by atoms with E-state index in [4.69, 9.17) is 11.6 Å². The fourth-order valence-electron chi connectivity index (χ4n) is 2.93. The Morgan fingerprint density at radius 2 is 1.88 bits per heavy atom. The highest BCUT2D eigenvalue weighted by Crippen LogP contribution is 2.47. The monoisotopic (exact) mass is 337 g/mol. The fourth-order valence-corrected chi connectivity index (χ4v) is 3.06. The molecular weight excluding hydrogens is 322 g/mol. The normalized spacial score (nSPS) is 19.0. The maximum atomic E-state index is 12.4. The molecule has 5 heteroatoms. The molecule has 2 aromatic carbocycles. The van der Waals surface area contributed by atoms with E-state index in [1.807, 2.05) is 42.5 Å². The summed E-state index contributed by atoms with van der Waals surface area (Å²) in [4.78, 5) is 12.4. The third-order valence-corrected chi connectivity index (χ3v) is 4.50. The third kappa shape index (κ3) is 3.05. The van der Waals surface area contributed by atoms with E-state index >= 15 is 0 Å². The molecule has 24 heavy (non-hydrogen) atoms. The summed E-state index contributed by atoms with van der Waals surface area (Å²) in [6.07, 6.45) is 4.25. The first-order valence-electron chi connectivity index (χ1n) is 7.87. The zero-order valence-corrected chi connectivity index (χ0v) is 13.6. The van der Waals surface area contributed by atoms with Gasteiger partial charge in [-0.05, 0) is 42.2 Å². The van der Waals surface area contributed by atoms with Crippen LogP contribution in [0.1, 0.15) is 17.9 Å². The maximum absolute atomic E-state index is 12.4. The van der Waals surface area contributed by atoms with Gasteiger partial charge in [-0.25, -0.2) is 4.68 Å². The molecule has 2 atom stereocenters. The summed E-state index contributed by atoms with van der Waals surface area (Å²) >= 11 is 5.88. The van der Waals surface area contributed by atoms with Crippen molar-refractivity contribution in [1.82, 2.24) is 9.78 Å².